The number of nitrogens with one attached hydrogen (secondary N) is 1. The summed E-state index contributed by atoms with van der Waals surface area (Å²) in [6.07, 6.45) is 0. The molecule has 0 bridgehead atoms. The van der Waals surface area contributed by atoms with Gasteiger partial charge in [0.15, 0.2) is 0 Å². The summed E-state index contributed by atoms with van der Waals surface area (Å²) in [4.78, 5) is 27.7. The molecule has 1 aromatic rings. The number of halogens is 1. The van der Waals surface area contributed by atoms with Crippen LogP contribution in [0.1, 0.15) is 13.8 Å². The van der Waals surface area contributed by atoms with E-state index < -0.39 is 0 Å². The molecule has 0 heterocycles. The molecule has 0 radical (unpaired) electrons. The fraction of sp³-hybridized carbons (Fsp3) is 0.529. The Morgan fingerprint density at radius 1 is 1.08 bits per heavy atom. The number of carbonyl (C=O) groups is 2. The molecule has 0 aromatic heterocycles. The maximum atomic E-state index is 12.3. The minimum atomic E-state index is -0.266. The lowest BCUT2D eigenvalue weighted by Crippen LogP contribution is -2.41. The summed E-state index contributed by atoms with van der Waals surface area (Å²) < 4.78 is 10.4. The Kier molecular flexibility index (Phi) is 8.51. The van der Waals surface area contributed by atoms with Crippen LogP contribution in [-0.2, 0) is 9.59 Å². The highest BCUT2D eigenvalue weighted by Crippen LogP contribution is 2.35. The molecule has 0 saturated heterocycles. The highest BCUT2D eigenvalue weighted by molar-refractivity contribution is 6.32. The SMILES string of the molecule is CCN(CC)C(=O)CN(C)CC(=O)Nc1cc(OC)c(Cl)cc1OC. The van der Waals surface area contributed by atoms with E-state index >= 15 is 0 Å². The van der Waals surface area contributed by atoms with Crippen LogP contribution in [0.15, 0.2) is 12.1 Å². The van der Waals surface area contributed by atoms with Crippen LogP contribution >= 0.6 is 11.6 Å². The van der Waals surface area contributed by atoms with Gasteiger partial charge in [0, 0.05) is 25.2 Å². The Labute approximate surface area is 153 Å². The number of anilines is 1. The highest BCUT2D eigenvalue weighted by Gasteiger charge is 2.17. The minimum Gasteiger partial charge on any atom is -0.495 e. The number of ether oxygens (including phenoxy) is 2. The second-order valence-corrected chi connectivity index (χ2v) is 5.88. The molecule has 0 aliphatic heterocycles. The van der Waals surface area contributed by atoms with Crippen LogP contribution in [0.4, 0.5) is 5.69 Å². The normalized spacial score (nSPS) is 10.5. The number of likely N-dealkylation sites (N-methyl/N-ethyl adjacent to an activating group) is 2. The lowest BCUT2D eigenvalue weighted by Gasteiger charge is -2.23. The Hall–Kier alpha value is -1.99. The summed E-state index contributed by atoms with van der Waals surface area (Å²) in [5.41, 5.74) is 0.456. The standard InChI is InChI=1S/C17H26ClN3O4/c1-6-21(7-2)17(23)11-20(3)10-16(22)19-13-9-14(24-4)12(18)8-15(13)25-5/h8-9H,6-7,10-11H2,1-5H3,(H,19,22). The van der Waals surface area contributed by atoms with E-state index in [4.69, 9.17) is 21.1 Å². The van der Waals surface area contributed by atoms with E-state index in [1.54, 1.807) is 29.0 Å². The summed E-state index contributed by atoms with van der Waals surface area (Å²) in [6.45, 7) is 5.40. The first-order valence-corrected chi connectivity index (χ1v) is 8.41. The van der Waals surface area contributed by atoms with Crippen molar-refractivity contribution < 1.29 is 19.1 Å². The summed E-state index contributed by atoms with van der Waals surface area (Å²) >= 11 is 6.05. The van der Waals surface area contributed by atoms with Gasteiger partial charge < -0.3 is 19.7 Å². The van der Waals surface area contributed by atoms with Crippen LogP contribution in [-0.4, -0.2) is 69.1 Å². The lowest BCUT2D eigenvalue weighted by molar-refractivity contribution is -0.132. The van der Waals surface area contributed by atoms with Crippen LogP contribution in [0.3, 0.4) is 0 Å². The fourth-order valence-corrected chi connectivity index (χ4v) is 2.59. The molecule has 140 valence electrons. The topological polar surface area (TPSA) is 71.1 Å². The molecule has 0 spiro atoms. The smallest absolute Gasteiger partial charge is 0.238 e. The van der Waals surface area contributed by atoms with Crippen molar-refractivity contribution in [1.29, 1.82) is 0 Å². The number of benzene rings is 1. The third-order valence-corrected chi connectivity index (χ3v) is 3.98. The average molecular weight is 372 g/mol. The van der Waals surface area contributed by atoms with Gasteiger partial charge in [0.2, 0.25) is 11.8 Å². The van der Waals surface area contributed by atoms with E-state index in [1.165, 1.54) is 14.2 Å². The van der Waals surface area contributed by atoms with E-state index in [0.29, 0.717) is 35.3 Å². The molecule has 0 saturated carbocycles. The maximum Gasteiger partial charge on any atom is 0.238 e. The van der Waals surface area contributed by atoms with Crippen molar-refractivity contribution in [3.63, 3.8) is 0 Å². The molecule has 1 N–H and O–H groups in total. The van der Waals surface area contributed by atoms with E-state index in [9.17, 15) is 9.59 Å². The third-order valence-electron chi connectivity index (χ3n) is 3.68. The number of rotatable bonds is 9. The van der Waals surface area contributed by atoms with E-state index in [1.807, 2.05) is 13.8 Å². The average Bonchev–Trinajstić information content (AvgIpc) is 2.56. The van der Waals surface area contributed by atoms with Gasteiger partial charge in [-0.05, 0) is 20.9 Å². The minimum absolute atomic E-state index is 0.00829. The van der Waals surface area contributed by atoms with Crippen molar-refractivity contribution in [2.75, 3.05) is 52.8 Å². The molecule has 0 atom stereocenters. The predicted octanol–water partition coefficient (Wildman–Crippen LogP) is 2.10. The van der Waals surface area contributed by atoms with Gasteiger partial charge >= 0.3 is 0 Å². The van der Waals surface area contributed by atoms with Crippen molar-refractivity contribution in [2.45, 2.75) is 13.8 Å². The predicted molar refractivity (Wildman–Crippen MR) is 98.6 cm³/mol. The highest BCUT2D eigenvalue weighted by atomic mass is 35.5. The van der Waals surface area contributed by atoms with Gasteiger partial charge in [0.25, 0.3) is 0 Å². The zero-order valence-corrected chi connectivity index (χ0v) is 16.1. The number of amides is 2. The fourth-order valence-electron chi connectivity index (χ4n) is 2.36. The zero-order chi connectivity index (χ0) is 19.0. The molecular weight excluding hydrogens is 346 g/mol. The molecule has 0 fully saturated rings. The van der Waals surface area contributed by atoms with Gasteiger partial charge in [-0.25, -0.2) is 0 Å². The van der Waals surface area contributed by atoms with Crippen molar-refractivity contribution in [2.24, 2.45) is 0 Å². The van der Waals surface area contributed by atoms with Crippen LogP contribution in [0.5, 0.6) is 11.5 Å². The number of nitrogens with zero attached hydrogens (tertiary/aromatic N) is 2. The summed E-state index contributed by atoms with van der Waals surface area (Å²) in [5, 5.41) is 3.14. The number of carbonyl (C=O) groups excluding carboxylic acids is 2. The van der Waals surface area contributed by atoms with E-state index in [-0.39, 0.29) is 24.9 Å². The van der Waals surface area contributed by atoms with Crippen LogP contribution in [0, 0.1) is 0 Å². The molecular formula is C17H26ClN3O4. The first-order valence-electron chi connectivity index (χ1n) is 8.03. The van der Waals surface area contributed by atoms with Crippen molar-refractivity contribution in [1.82, 2.24) is 9.80 Å². The zero-order valence-electron chi connectivity index (χ0n) is 15.4. The molecule has 0 aliphatic rings. The molecule has 2 amide bonds. The second kappa shape index (κ2) is 10.1. The molecule has 8 heteroatoms. The number of methoxy groups -OCH3 is 2. The van der Waals surface area contributed by atoms with Gasteiger partial charge in [-0.15, -0.1) is 0 Å². The monoisotopic (exact) mass is 371 g/mol. The molecule has 1 aromatic carbocycles. The summed E-state index contributed by atoms with van der Waals surface area (Å²) in [6, 6.07) is 3.17. The van der Waals surface area contributed by atoms with Gasteiger partial charge in [0.05, 0.1) is 38.0 Å². The number of hydrogen-bond donors (Lipinski definition) is 1. The first kappa shape index (κ1) is 21.1. The van der Waals surface area contributed by atoms with Crippen LogP contribution < -0.4 is 14.8 Å². The van der Waals surface area contributed by atoms with Gasteiger partial charge in [0.1, 0.15) is 11.5 Å². The second-order valence-electron chi connectivity index (χ2n) is 5.47. The Morgan fingerprint density at radius 3 is 2.20 bits per heavy atom. The quantitative estimate of drug-likeness (QED) is 0.719. The molecule has 1 rings (SSSR count). The molecule has 25 heavy (non-hydrogen) atoms. The molecule has 0 aliphatic carbocycles. The Morgan fingerprint density at radius 2 is 1.68 bits per heavy atom. The largest absolute Gasteiger partial charge is 0.495 e. The summed E-state index contributed by atoms with van der Waals surface area (Å²) in [5.74, 6) is 0.590. The number of hydrogen-bond acceptors (Lipinski definition) is 5. The summed E-state index contributed by atoms with van der Waals surface area (Å²) in [7, 11) is 4.70. The van der Waals surface area contributed by atoms with E-state index in [0.717, 1.165) is 0 Å². The van der Waals surface area contributed by atoms with E-state index in [2.05, 4.69) is 5.32 Å². The third kappa shape index (κ3) is 6.10. The molecule has 0 unspecified atom stereocenters. The lowest BCUT2D eigenvalue weighted by atomic mass is 10.2. The van der Waals surface area contributed by atoms with Crippen molar-refractivity contribution >= 4 is 29.1 Å². The molecule has 7 nitrogen and oxygen atoms in total. The Balaban J connectivity index is 2.72. The van der Waals surface area contributed by atoms with Gasteiger partial charge in [-0.1, -0.05) is 11.6 Å². The van der Waals surface area contributed by atoms with Crippen LogP contribution in [0.2, 0.25) is 5.02 Å². The van der Waals surface area contributed by atoms with Crippen molar-refractivity contribution in [3.8, 4) is 11.5 Å². The maximum absolute atomic E-state index is 12.3. The Bertz CT molecular complexity index is 606. The van der Waals surface area contributed by atoms with Gasteiger partial charge in [-0.2, -0.15) is 0 Å². The van der Waals surface area contributed by atoms with Crippen LogP contribution in [0.25, 0.3) is 0 Å². The first-order chi connectivity index (χ1) is 11.9. The van der Waals surface area contributed by atoms with Gasteiger partial charge in [-0.3, -0.25) is 14.5 Å². The van der Waals surface area contributed by atoms with Crippen molar-refractivity contribution in [3.05, 3.63) is 17.2 Å².